The summed E-state index contributed by atoms with van der Waals surface area (Å²) in [5, 5.41) is 17.9. The Morgan fingerprint density at radius 2 is 1.94 bits per heavy atom. The smallest absolute Gasteiger partial charge is 0.423 e. The summed E-state index contributed by atoms with van der Waals surface area (Å²) in [6, 6.07) is 4.66. The van der Waals surface area contributed by atoms with Crippen LogP contribution in [0, 0.1) is 5.82 Å². The largest absolute Gasteiger partial charge is 0.491 e. The summed E-state index contributed by atoms with van der Waals surface area (Å²) in [6.07, 6.45) is 0.482. The molecule has 0 spiro atoms. The molecule has 0 saturated heterocycles. The van der Waals surface area contributed by atoms with E-state index in [1.54, 1.807) is 12.1 Å². The fraction of sp³-hybridized carbons (Fsp3) is 0.455. The van der Waals surface area contributed by atoms with Crippen LogP contribution in [-0.4, -0.2) is 24.4 Å². The summed E-state index contributed by atoms with van der Waals surface area (Å²) in [6.45, 7) is 6.11. The van der Waals surface area contributed by atoms with E-state index in [4.69, 9.17) is 10.0 Å². The summed E-state index contributed by atoms with van der Waals surface area (Å²) in [7, 11) is 0.244. The van der Waals surface area contributed by atoms with Gasteiger partial charge in [-0.2, -0.15) is 0 Å². The van der Waals surface area contributed by atoms with Gasteiger partial charge in [-0.15, -0.1) is 0 Å². The fourth-order valence-electron chi connectivity index (χ4n) is 1.37. The first kappa shape index (κ1) is 13.3. The molecule has 85 valence electrons. The van der Waals surface area contributed by atoms with Crippen LogP contribution in [0.5, 0.6) is 0 Å². The number of halogens is 1. The molecule has 0 amide bonds. The van der Waals surface area contributed by atoms with Crippen LogP contribution in [0.2, 0.25) is 5.31 Å². The zero-order chi connectivity index (χ0) is 12.3. The lowest BCUT2D eigenvalue weighted by atomic mass is 9.52. The van der Waals surface area contributed by atoms with Crippen LogP contribution in [0.4, 0.5) is 4.39 Å². The highest BCUT2D eigenvalue weighted by Gasteiger charge is 2.20. The second-order valence-corrected chi connectivity index (χ2v) is 4.97. The van der Waals surface area contributed by atoms with Crippen molar-refractivity contribution in [3.05, 3.63) is 29.6 Å². The minimum atomic E-state index is -1.76. The Morgan fingerprint density at radius 1 is 1.31 bits per heavy atom. The molecule has 0 unspecified atom stereocenters. The lowest BCUT2D eigenvalue weighted by Gasteiger charge is -2.17. The molecule has 2 nitrogen and oxygen atoms in total. The third-order valence-corrected chi connectivity index (χ3v) is 2.32. The molecule has 0 aromatic heterocycles. The molecule has 0 bridgehead atoms. The van der Waals surface area contributed by atoms with Gasteiger partial charge >= 0.3 is 7.12 Å². The quantitative estimate of drug-likeness (QED) is 0.745. The predicted molar refractivity (Wildman–Crippen MR) is 65.4 cm³/mol. The van der Waals surface area contributed by atoms with E-state index < -0.39 is 12.9 Å². The van der Waals surface area contributed by atoms with Crippen LogP contribution < -0.4 is 5.46 Å². The Labute approximate surface area is 96.9 Å². The zero-order valence-electron chi connectivity index (χ0n) is 9.87. The molecule has 2 N–H and O–H groups in total. The number of hydrogen-bond donors (Lipinski definition) is 2. The maximum absolute atomic E-state index is 13.8. The van der Waals surface area contributed by atoms with Crippen molar-refractivity contribution >= 4 is 19.9 Å². The Hall–Kier alpha value is -0.800. The molecule has 1 radical (unpaired) electrons. The van der Waals surface area contributed by atoms with Crippen molar-refractivity contribution < 1.29 is 14.4 Å². The van der Waals surface area contributed by atoms with Gasteiger partial charge in [0, 0.05) is 5.46 Å². The van der Waals surface area contributed by atoms with E-state index in [0.29, 0.717) is 11.9 Å². The van der Waals surface area contributed by atoms with Crippen LogP contribution in [-0.2, 0) is 6.32 Å². The molecule has 0 fully saturated rings. The van der Waals surface area contributed by atoms with Gasteiger partial charge in [-0.05, 0) is 5.56 Å². The van der Waals surface area contributed by atoms with Crippen LogP contribution in [0.25, 0.3) is 0 Å². The summed E-state index contributed by atoms with van der Waals surface area (Å²) in [5.74, 6) is -0.530. The van der Waals surface area contributed by atoms with Crippen molar-refractivity contribution in [1.29, 1.82) is 0 Å². The van der Waals surface area contributed by atoms with Crippen molar-refractivity contribution in [1.82, 2.24) is 0 Å². The molecule has 16 heavy (non-hydrogen) atoms. The van der Waals surface area contributed by atoms with Gasteiger partial charge in [0.15, 0.2) is 0 Å². The highest BCUT2D eigenvalue weighted by Crippen LogP contribution is 2.21. The molecule has 0 aliphatic rings. The Kier molecular flexibility index (Phi) is 4.16. The van der Waals surface area contributed by atoms with Crippen molar-refractivity contribution in [3.63, 3.8) is 0 Å². The SMILES string of the molecule is CC(C)(C)[B]Cc1cccc(B(O)O)c1F. The molecular weight excluding hydrogens is 205 g/mol. The third kappa shape index (κ3) is 3.65. The third-order valence-electron chi connectivity index (χ3n) is 2.32. The van der Waals surface area contributed by atoms with Gasteiger partial charge in [0.2, 0.25) is 0 Å². The standard InChI is InChI=1S/C11H16B2FO2/c1-11(2,3)12-7-8-5-4-6-9(10(8)14)13(15)16/h4-6,15-16H,7H2,1-3H3. The summed E-state index contributed by atoms with van der Waals surface area (Å²) in [5.41, 5.74) is 0.417. The lowest BCUT2D eigenvalue weighted by Crippen LogP contribution is -2.33. The van der Waals surface area contributed by atoms with Crippen molar-refractivity contribution in [2.45, 2.75) is 32.4 Å². The fourth-order valence-corrected chi connectivity index (χ4v) is 1.37. The Morgan fingerprint density at radius 3 is 2.44 bits per heavy atom. The highest BCUT2D eigenvalue weighted by atomic mass is 19.1. The van der Waals surface area contributed by atoms with Crippen molar-refractivity contribution in [3.8, 4) is 0 Å². The molecule has 0 atom stereocenters. The summed E-state index contributed by atoms with van der Waals surface area (Å²) in [4.78, 5) is 0. The molecule has 0 saturated carbocycles. The van der Waals surface area contributed by atoms with E-state index in [1.807, 2.05) is 28.1 Å². The van der Waals surface area contributed by atoms with Crippen molar-refractivity contribution in [2.75, 3.05) is 0 Å². The van der Waals surface area contributed by atoms with Gasteiger partial charge in [0.05, 0.1) is 0 Å². The molecule has 1 aromatic rings. The van der Waals surface area contributed by atoms with E-state index in [1.165, 1.54) is 6.07 Å². The Balaban J connectivity index is 2.85. The number of rotatable bonds is 3. The number of benzene rings is 1. The van der Waals surface area contributed by atoms with Crippen LogP contribution >= 0.6 is 0 Å². The monoisotopic (exact) mass is 221 g/mol. The molecule has 0 aliphatic heterocycles. The summed E-state index contributed by atoms with van der Waals surface area (Å²) < 4.78 is 13.8. The van der Waals surface area contributed by atoms with E-state index in [9.17, 15) is 4.39 Å². The molecule has 1 rings (SSSR count). The first-order valence-electron chi connectivity index (χ1n) is 5.29. The molecule has 0 aliphatic carbocycles. The lowest BCUT2D eigenvalue weighted by molar-refractivity contribution is 0.423. The average molecular weight is 221 g/mol. The minimum absolute atomic E-state index is 0.0142. The first-order chi connectivity index (χ1) is 7.31. The molecule has 1 aromatic carbocycles. The number of hydrogen-bond acceptors (Lipinski definition) is 2. The molecule has 5 heteroatoms. The normalized spacial score (nSPS) is 11.4. The second-order valence-electron chi connectivity index (χ2n) is 4.97. The van der Waals surface area contributed by atoms with Crippen LogP contribution in [0.3, 0.4) is 0 Å². The van der Waals surface area contributed by atoms with E-state index in [2.05, 4.69) is 0 Å². The zero-order valence-corrected chi connectivity index (χ0v) is 9.87. The maximum atomic E-state index is 13.8. The topological polar surface area (TPSA) is 40.5 Å². The molecular formula is C11H16B2FO2. The van der Waals surface area contributed by atoms with E-state index in [-0.39, 0.29) is 10.8 Å². The van der Waals surface area contributed by atoms with E-state index >= 15 is 0 Å². The van der Waals surface area contributed by atoms with Gasteiger partial charge in [-0.1, -0.05) is 50.6 Å². The van der Waals surface area contributed by atoms with Gasteiger partial charge in [0.25, 0.3) is 0 Å². The predicted octanol–water partition coefficient (Wildman–Crippen LogP) is 0.928. The minimum Gasteiger partial charge on any atom is -0.423 e. The van der Waals surface area contributed by atoms with Gasteiger partial charge in [-0.3, -0.25) is 0 Å². The van der Waals surface area contributed by atoms with Gasteiger partial charge in [0.1, 0.15) is 13.1 Å². The van der Waals surface area contributed by atoms with Crippen molar-refractivity contribution in [2.24, 2.45) is 0 Å². The highest BCUT2D eigenvalue weighted by molar-refractivity contribution is 6.58. The van der Waals surface area contributed by atoms with E-state index in [0.717, 1.165) is 0 Å². The van der Waals surface area contributed by atoms with Crippen LogP contribution in [0.15, 0.2) is 18.2 Å². The van der Waals surface area contributed by atoms with Crippen LogP contribution in [0.1, 0.15) is 26.3 Å². The molecule has 0 heterocycles. The maximum Gasteiger partial charge on any atom is 0.491 e. The second kappa shape index (κ2) is 5.02. The van der Waals surface area contributed by atoms with Gasteiger partial charge in [-0.25, -0.2) is 4.39 Å². The first-order valence-corrected chi connectivity index (χ1v) is 5.29. The van der Waals surface area contributed by atoms with Gasteiger partial charge < -0.3 is 10.0 Å². The summed E-state index contributed by atoms with van der Waals surface area (Å²) >= 11 is 0. The average Bonchev–Trinajstić information content (AvgIpc) is 2.14. The Bertz CT molecular complexity index is 361.